The standard InChI is InChI=1S/C19H28O4S/c1-3-5-6-7-8-12-16-23-19(20)18(13-4-2)24(21,22)17-14-10-9-11-15-17/h9-11,13-15H,3-8,12,16H2,1-2H3/b18-13+. The van der Waals surface area contributed by atoms with Gasteiger partial charge >= 0.3 is 5.97 Å². The van der Waals surface area contributed by atoms with Gasteiger partial charge in [-0.1, -0.05) is 70.2 Å². The van der Waals surface area contributed by atoms with E-state index in [0.29, 0.717) is 6.42 Å². The molecule has 1 rings (SSSR count). The maximum atomic E-state index is 12.6. The third-order valence-electron chi connectivity index (χ3n) is 3.66. The van der Waals surface area contributed by atoms with E-state index in [4.69, 9.17) is 4.74 Å². The molecule has 0 unspecified atom stereocenters. The first kappa shape index (κ1) is 20.4. The van der Waals surface area contributed by atoms with Crippen molar-refractivity contribution in [3.8, 4) is 0 Å². The van der Waals surface area contributed by atoms with Crippen molar-refractivity contribution < 1.29 is 17.9 Å². The minimum absolute atomic E-state index is 0.112. The van der Waals surface area contributed by atoms with Gasteiger partial charge in [0, 0.05) is 0 Å². The first-order valence-electron chi connectivity index (χ1n) is 8.71. The number of unbranched alkanes of at least 4 members (excludes halogenated alkanes) is 5. The van der Waals surface area contributed by atoms with Crippen molar-refractivity contribution in [2.24, 2.45) is 0 Å². The molecule has 0 aromatic heterocycles. The molecule has 1 aromatic carbocycles. The molecule has 0 saturated carbocycles. The molecule has 0 bridgehead atoms. The topological polar surface area (TPSA) is 60.4 Å². The van der Waals surface area contributed by atoms with Gasteiger partial charge in [-0.25, -0.2) is 13.2 Å². The normalized spacial score (nSPS) is 12.2. The largest absolute Gasteiger partial charge is 0.462 e. The van der Waals surface area contributed by atoms with Crippen LogP contribution in [-0.4, -0.2) is 21.0 Å². The van der Waals surface area contributed by atoms with Crippen LogP contribution in [-0.2, 0) is 19.4 Å². The molecule has 0 spiro atoms. The van der Waals surface area contributed by atoms with Crippen molar-refractivity contribution in [3.05, 3.63) is 41.3 Å². The molecule has 0 aliphatic carbocycles. The molecule has 0 amide bonds. The summed E-state index contributed by atoms with van der Waals surface area (Å²) in [5.74, 6) is -0.755. The zero-order chi connectivity index (χ0) is 17.8. The number of hydrogen-bond acceptors (Lipinski definition) is 4. The Bertz CT molecular complexity index is 618. The molecule has 5 heteroatoms. The van der Waals surface area contributed by atoms with Crippen molar-refractivity contribution in [3.63, 3.8) is 0 Å². The van der Waals surface area contributed by atoms with Gasteiger partial charge in [-0.15, -0.1) is 0 Å². The first-order valence-corrected chi connectivity index (χ1v) is 10.2. The lowest BCUT2D eigenvalue weighted by Gasteiger charge is -2.10. The predicted octanol–water partition coefficient (Wildman–Crippen LogP) is 4.66. The van der Waals surface area contributed by atoms with E-state index in [1.165, 1.54) is 37.5 Å². The lowest BCUT2D eigenvalue weighted by atomic mass is 10.1. The average molecular weight is 352 g/mol. The second-order valence-electron chi connectivity index (χ2n) is 5.70. The van der Waals surface area contributed by atoms with E-state index in [2.05, 4.69) is 6.92 Å². The van der Waals surface area contributed by atoms with Crippen LogP contribution in [0.25, 0.3) is 0 Å². The van der Waals surface area contributed by atoms with Gasteiger partial charge in [0.25, 0.3) is 0 Å². The monoisotopic (exact) mass is 352 g/mol. The summed E-state index contributed by atoms with van der Waals surface area (Å²) >= 11 is 0. The van der Waals surface area contributed by atoms with Gasteiger partial charge in [0.15, 0.2) is 4.91 Å². The summed E-state index contributed by atoms with van der Waals surface area (Å²) in [5.41, 5.74) is 0. The molecule has 4 nitrogen and oxygen atoms in total. The maximum absolute atomic E-state index is 12.6. The summed E-state index contributed by atoms with van der Waals surface area (Å²) in [6.45, 7) is 4.22. The zero-order valence-corrected chi connectivity index (χ0v) is 15.5. The Hall–Kier alpha value is -1.62. The molecule has 1 aromatic rings. The van der Waals surface area contributed by atoms with Crippen LogP contribution in [0.1, 0.15) is 58.8 Å². The summed E-state index contributed by atoms with van der Waals surface area (Å²) in [6.07, 6.45) is 8.35. The summed E-state index contributed by atoms with van der Waals surface area (Å²) in [5, 5.41) is 0. The smallest absolute Gasteiger partial charge is 0.349 e. The molecule has 0 radical (unpaired) electrons. The summed E-state index contributed by atoms with van der Waals surface area (Å²) in [4.78, 5) is 12.1. The highest BCUT2D eigenvalue weighted by Crippen LogP contribution is 2.21. The number of rotatable bonds is 11. The molecule has 0 aliphatic heterocycles. The van der Waals surface area contributed by atoms with E-state index < -0.39 is 15.8 Å². The van der Waals surface area contributed by atoms with E-state index in [1.54, 1.807) is 25.1 Å². The highest BCUT2D eigenvalue weighted by molar-refractivity contribution is 7.96. The van der Waals surface area contributed by atoms with Gasteiger partial charge in [-0.2, -0.15) is 0 Å². The number of allylic oxidation sites excluding steroid dienone is 1. The van der Waals surface area contributed by atoms with Crippen LogP contribution in [0.3, 0.4) is 0 Å². The quantitative estimate of drug-likeness (QED) is 0.330. The molecule has 134 valence electrons. The Balaban J connectivity index is 2.62. The Morgan fingerprint density at radius 1 is 1.00 bits per heavy atom. The first-order chi connectivity index (χ1) is 11.5. The van der Waals surface area contributed by atoms with E-state index >= 15 is 0 Å². The predicted molar refractivity (Wildman–Crippen MR) is 96.3 cm³/mol. The van der Waals surface area contributed by atoms with Crippen LogP contribution in [0.4, 0.5) is 0 Å². The Labute approximate surface area is 145 Å². The second-order valence-corrected chi connectivity index (χ2v) is 7.61. The van der Waals surface area contributed by atoms with Gasteiger partial charge in [-0.05, 0) is 25.0 Å². The van der Waals surface area contributed by atoms with Crippen molar-refractivity contribution in [1.82, 2.24) is 0 Å². The van der Waals surface area contributed by atoms with Gasteiger partial charge in [0.2, 0.25) is 9.84 Å². The van der Waals surface area contributed by atoms with E-state index in [1.807, 2.05) is 0 Å². The zero-order valence-electron chi connectivity index (χ0n) is 14.7. The molecule has 0 N–H and O–H groups in total. The maximum Gasteiger partial charge on any atom is 0.349 e. The van der Waals surface area contributed by atoms with Crippen LogP contribution < -0.4 is 0 Å². The fraction of sp³-hybridized carbons (Fsp3) is 0.526. The fourth-order valence-corrected chi connectivity index (χ4v) is 3.77. The van der Waals surface area contributed by atoms with Gasteiger partial charge < -0.3 is 4.74 Å². The number of carbonyl (C=O) groups is 1. The van der Waals surface area contributed by atoms with Crippen LogP contribution in [0, 0.1) is 0 Å². The number of esters is 1. The number of ether oxygens (including phenoxy) is 1. The third-order valence-corrected chi connectivity index (χ3v) is 5.47. The van der Waals surface area contributed by atoms with Crippen molar-refractivity contribution in [1.29, 1.82) is 0 Å². The second kappa shape index (κ2) is 11.0. The van der Waals surface area contributed by atoms with Gasteiger partial charge in [0.05, 0.1) is 11.5 Å². The molecule has 24 heavy (non-hydrogen) atoms. The molecule has 0 saturated heterocycles. The average Bonchev–Trinajstić information content (AvgIpc) is 2.59. The van der Waals surface area contributed by atoms with Crippen molar-refractivity contribution in [2.45, 2.75) is 63.7 Å². The van der Waals surface area contributed by atoms with Crippen LogP contribution in [0.2, 0.25) is 0 Å². The van der Waals surface area contributed by atoms with E-state index in [9.17, 15) is 13.2 Å². The molecule has 0 atom stereocenters. The molecule has 0 aliphatic rings. The van der Waals surface area contributed by atoms with Crippen molar-refractivity contribution >= 4 is 15.8 Å². The highest BCUT2D eigenvalue weighted by atomic mass is 32.2. The van der Waals surface area contributed by atoms with Crippen LogP contribution in [0.5, 0.6) is 0 Å². The summed E-state index contributed by atoms with van der Waals surface area (Å²) < 4.78 is 30.4. The van der Waals surface area contributed by atoms with E-state index in [0.717, 1.165) is 19.3 Å². The van der Waals surface area contributed by atoms with E-state index in [-0.39, 0.29) is 16.4 Å². The van der Waals surface area contributed by atoms with Crippen molar-refractivity contribution in [2.75, 3.05) is 6.61 Å². The minimum atomic E-state index is -3.83. The van der Waals surface area contributed by atoms with Crippen LogP contribution in [0.15, 0.2) is 46.2 Å². The minimum Gasteiger partial charge on any atom is -0.462 e. The van der Waals surface area contributed by atoms with Gasteiger partial charge in [0.1, 0.15) is 0 Å². The highest BCUT2D eigenvalue weighted by Gasteiger charge is 2.27. The molecular weight excluding hydrogens is 324 g/mol. The van der Waals surface area contributed by atoms with Crippen LogP contribution >= 0.6 is 0 Å². The molecule has 0 fully saturated rings. The number of benzene rings is 1. The molecule has 0 heterocycles. The molecular formula is C19H28O4S. The Morgan fingerprint density at radius 2 is 1.62 bits per heavy atom. The van der Waals surface area contributed by atoms with Gasteiger partial charge in [-0.3, -0.25) is 0 Å². The fourth-order valence-electron chi connectivity index (χ4n) is 2.33. The number of hydrogen-bond donors (Lipinski definition) is 0. The lowest BCUT2D eigenvalue weighted by Crippen LogP contribution is -2.17. The SMILES string of the molecule is CC/C=C(\C(=O)OCCCCCCCC)S(=O)(=O)c1ccccc1. The Kier molecular flexibility index (Phi) is 9.38. The summed E-state index contributed by atoms with van der Waals surface area (Å²) in [6, 6.07) is 7.98. The number of sulfone groups is 1. The summed E-state index contributed by atoms with van der Waals surface area (Å²) in [7, 11) is -3.83. The number of carbonyl (C=O) groups excluding carboxylic acids is 1. The third kappa shape index (κ3) is 6.48. The Morgan fingerprint density at radius 3 is 2.25 bits per heavy atom. The lowest BCUT2D eigenvalue weighted by molar-refractivity contribution is -0.138.